The van der Waals surface area contributed by atoms with E-state index < -0.39 is 0 Å². The molecule has 1 amide bonds. The molecule has 2 nitrogen and oxygen atoms in total. The number of para-hydroxylation sites is 1. The topological polar surface area (TPSA) is 20.3 Å². The molecule has 0 saturated carbocycles. The normalized spacial score (nSPS) is 21.7. The number of thiol groups is 1. The van der Waals surface area contributed by atoms with Gasteiger partial charge in [0.15, 0.2) is 0 Å². The van der Waals surface area contributed by atoms with Crippen LogP contribution in [0.25, 0.3) is 0 Å². The molecule has 1 saturated heterocycles. The van der Waals surface area contributed by atoms with Crippen LogP contribution in [0.1, 0.15) is 6.42 Å². The number of anilines is 1. The summed E-state index contributed by atoms with van der Waals surface area (Å²) in [4.78, 5) is 12.9. The van der Waals surface area contributed by atoms with Crippen LogP contribution in [0.15, 0.2) is 24.3 Å². The highest BCUT2D eigenvalue weighted by molar-refractivity contribution is 7.81. The number of carbonyl (C=O) groups excluding carboxylic acids is 1. The summed E-state index contributed by atoms with van der Waals surface area (Å²) in [7, 11) is 0. The quantitative estimate of drug-likeness (QED) is 0.703. The van der Waals surface area contributed by atoms with Crippen LogP contribution in [0.4, 0.5) is 10.1 Å². The van der Waals surface area contributed by atoms with Crippen LogP contribution in [-0.4, -0.2) is 17.7 Å². The summed E-state index contributed by atoms with van der Waals surface area (Å²) in [6.07, 6.45) is 0.386. The monoisotopic (exact) mass is 211 g/mol. The molecule has 1 fully saturated rings. The molecule has 2 rings (SSSR count). The number of hydrogen-bond donors (Lipinski definition) is 1. The molecule has 0 spiro atoms. The summed E-state index contributed by atoms with van der Waals surface area (Å²) in [5.74, 6) is -0.418. The summed E-state index contributed by atoms with van der Waals surface area (Å²) in [6, 6.07) is 6.29. The predicted octanol–water partition coefficient (Wildman–Crippen LogP) is 1.86. The van der Waals surface area contributed by atoms with Gasteiger partial charge in [0.1, 0.15) is 5.82 Å². The van der Waals surface area contributed by atoms with E-state index in [4.69, 9.17) is 0 Å². The van der Waals surface area contributed by atoms with E-state index in [9.17, 15) is 9.18 Å². The first-order chi connectivity index (χ1) is 6.68. The van der Waals surface area contributed by atoms with Crippen LogP contribution in [0.5, 0.6) is 0 Å². The number of halogens is 1. The zero-order valence-electron chi connectivity index (χ0n) is 7.48. The van der Waals surface area contributed by atoms with Crippen LogP contribution in [0, 0.1) is 5.82 Å². The van der Waals surface area contributed by atoms with E-state index in [0.717, 1.165) is 0 Å². The molecule has 14 heavy (non-hydrogen) atoms. The molecule has 0 N–H and O–H groups in total. The highest BCUT2D eigenvalue weighted by Gasteiger charge is 2.29. The van der Waals surface area contributed by atoms with Crippen molar-refractivity contribution < 1.29 is 9.18 Å². The largest absolute Gasteiger partial charge is 0.309 e. The van der Waals surface area contributed by atoms with E-state index >= 15 is 0 Å². The molecule has 0 aromatic heterocycles. The Labute approximate surface area is 87.1 Å². The average Bonchev–Trinajstić information content (AvgIpc) is 2.46. The van der Waals surface area contributed by atoms with Crippen LogP contribution >= 0.6 is 12.6 Å². The van der Waals surface area contributed by atoms with E-state index in [2.05, 4.69) is 12.6 Å². The minimum atomic E-state index is -0.358. The van der Waals surface area contributed by atoms with Gasteiger partial charge >= 0.3 is 0 Å². The van der Waals surface area contributed by atoms with Gasteiger partial charge in [-0.2, -0.15) is 12.6 Å². The molecule has 1 heterocycles. The number of hydrogen-bond acceptors (Lipinski definition) is 2. The molecule has 1 aliphatic rings. The first kappa shape index (κ1) is 9.52. The third-order valence-corrected chi connectivity index (χ3v) is 2.59. The lowest BCUT2D eigenvalue weighted by molar-refractivity contribution is -0.117. The summed E-state index contributed by atoms with van der Waals surface area (Å²) < 4.78 is 13.3. The van der Waals surface area contributed by atoms with E-state index in [1.807, 2.05) is 0 Å². The number of nitrogens with zero attached hydrogens (tertiary/aromatic N) is 1. The maximum atomic E-state index is 13.3. The Bertz CT molecular complexity index is 369. The van der Waals surface area contributed by atoms with E-state index in [1.54, 1.807) is 18.2 Å². The second kappa shape index (κ2) is 3.61. The Morgan fingerprint density at radius 2 is 2.14 bits per heavy atom. The zero-order valence-corrected chi connectivity index (χ0v) is 8.38. The molecule has 74 valence electrons. The minimum absolute atomic E-state index is 0.0158. The fourth-order valence-electron chi connectivity index (χ4n) is 1.59. The van der Waals surface area contributed by atoms with E-state index in [0.29, 0.717) is 18.7 Å². The molecule has 0 aliphatic carbocycles. The van der Waals surface area contributed by atoms with Gasteiger partial charge in [-0.25, -0.2) is 4.39 Å². The summed E-state index contributed by atoms with van der Waals surface area (Å²) in [5.41, 5.74) is 0.356. The average molecular weight is 211 g/mol. The van der Waals surface area contributed by atoms with Gasteiger partial charge in [0.2, 0.25) is 5.91 Å². The molecule has 4 heteroatoms. The van der Waals surface area contributed by atoms with Gasteiger partial charge in [0.25, 0.3) is 0 Å². The van der Waals surface area contributed by atoms with Gasteiger partial charge < -0.3 is 4.90 Å². The first-order valence-corrected chi connectivity index (χ1v) is 4.93. The van der Waals surface area contributed by atoms with Crippen LogP contribution in [-0.2, 0) is 4.79 Å². The maximum Gasteiger partial charge on any atom is 0.228 e. The number of rotatable bonds is 1. The highest BCUT2D eigenvalue weighted by atomic mass is 32.1. The lowest BCUT2D eigenvalue weighted by atomic mass is 10.3. The molecular formula is C10H10FNOS. The lowest BCUT2D eigenvalue weighted by Crippen LogP contribution is -2.25. The van der Waals surface area contributed by atoms with Crippen LogP contribution in [0.2, 0.25) is 0 Å². The van der Waals surface area contributed by atoms with Gasteiger partial charge in [-0.05, 0) is 12.1 Å². The molecule has 0 radical (unpaired) electrons. The van der Waals surface area contributed by atoms with E-state index in [-0.39, 0.29) is 17.0 Å². The van der Waals surface area contributed by atoms with Crippen molar-refractivity contribution in [3.8, 4) is 0 Å². The third-order valence-electron chi connectivity index (χ3n) is 2.25. The van der Waals surface area contributed by atoms with Crippen molar-refractivity contribution in [1.82, 2.24) is 0 Å². The number of benzene rings is 1. The van der Waals surface area contributed by atoms with Gasteiger partial charge in [-0.15, -0.1) is 0 Å². The molecule has 1 aromatic rings. The van der Waals surface area contributed by atoms with Crippen LogP contribution < -0.4 is 4.90 Å². The minimum Gasteiger partial charge on any atom is -0.309 e. The van der Waals surface area contributed by atoms with Crippen molar-refractivity contribution >= 4 is 24.2 Å². The fourth-order valence-corrected chi connectivity index (χ4v) is 1.91. The van der Waals surface area contributed by atoms with Gasteiger partial charge in [-0.1, -0.05) is 12.1 Å². The van der Waals surface area contributed by atoms with Crippen molar-refractivity contribution in [3.05, 3.63) is 30.1 Å². The third kappa shape index (κ3) is 1.62. The first-order valence-electron chi connectivity index (χ1n) is 4.41. The molecule has 1 atom stereocenters. The number of carbonyl (C=O) groups is 1. The van der Waals surface area contributed by atoms with Crippen LogP contribution in [0.3, 0.4) is 0 Å². The van der Waals surface area contributed by atoms with Gasteiger partial charge in [0, 0.05) is 18.2 Å². The second-order valence-corrected chi connectivity index (χ2v) is 4.04. The molecule has 0 bridgehead atoms. The van der Waals surface area contributed by atoms with Crippen molar-refractivity contribution in [1.29, 1.82) is 0 Å². The molecule has 1 aromatic carbocycles. The Hall–Kier alpha value is -1.03. The second-order valence-electron chi connectivity index (χ2n) is 3.31. The predicted molar refractivity (Wildman–Crippen MR) is 56.1 cm³/mol. The van der Waals surface area contributed by atoms with Crippen molar-refractivity contribution in [2.24, 2.45) is 0 Å². The molecular weight excluding hydrogens is 201 g/mol. The smallest absolute Gasteiger partial charge is 0.228 e. The Balaban J connectivity index is 2.32. The lowest BCUT2D eigenvalue weighted by Gasteiger charge is -2.16. The summed E-state index contributed by atoms with van der Waals surface area (Å²) >= 11 is 4.21. The fraction of sp³-hybridized carbons (Fsp3) is 0.300. The Morgan fingerprint density at radius 1 is 1.43 bits per heavy atom. The molecule has 1 aliphatic heterocycles. The SMILES string of the molecule is O=C1CC(S)CN1c1ccccc1F. The van der Waals surface area contributed by atoms with Gasteiger partial charge in [0.05, 0.1) is 5.69 Å². The maximum absolute atomic E-state index is 13.3. The van der Waals surface area contributed by atoms with Crippen molar-refractivity contribution in [3.63, 3.8) is 0 Å². The zero-order chi connectivity index (χ0) is 10.1. The standard InChI is InChI=1S/C10H10FNOS/c11-8-3-1-2-4-9(8)12-6-7(14)5-10(12)13/h1-4,7,14H,5-6H2. The Kier molecular flexibility index (Phi) is 2.46. The van der Waals surface area contributed by atoms with Crippen molar-refractivity contribution in [2.75, 3.05) is 11.4 Å². The summed E-state index contributed by atoms with van der Waals surface area (Å²) in [5, 5.41) is 0.0158. The van der Waals surface area contributed by atoms with E-state index in [1.165, 1.54) is 11.0 Å². The highest BCUT2D eigenvalue weighted by Crippen LogP contribution is 2.25. The van der Waals surface area contributed by atoms with Crippen molar-refractivity contribution in [2.45, 2.75) is 11.7 Å². The summed E-state index contributed by atoms with van der Waals surface area (Å²) in [6.45, 7) is 0.489. The Morgan fingerprint density at radius 3 is 2.71 bits per heavy atom. The molecule has 1 unspecified atom stereocenters. The van der Waals surface area contributed by atoms with Gasteiger partial charge in [-0.3, -0.25) is 4.79 Å². The number of amides is 1.